The Labute approximate surface area is 70.8 Å². The van der Waals surface area contributed by atoms with Crippen LogP contribution < -0.4 is 11.1 Å². The molecule has 0 unspecified atom stereocenters. The van der Waals surface area contributed by atoms with Crippen LogP contribution in [0.3, 0.4) is 0 Å². The van der Waals surface area contributed by atoms with Gasteiger partial charge >= 0.3 is 0 Å². The molecule has 3 N–H and O–H groups in total. The molecule has 3 nitrogen and oxygen atoms in total. The highest BCUT2D eigenvalue weighted by Crippen LogP contribution is 2.14. The lowest BCUT2D eigenvalue weighted by Gasteiger charge is -2.07. The summed E-state index contributed by atoms with van der Waals surface area (Å²) in [6, 6.07) is 1.70. The van der Waals surface area contributed by atoms with E-state index in [0.717, 1.165) is 11.3 Å². The summed E-state index contributed by atoms with van der Waals surface area (Å²) in [6.45, 7) is 1.82. The van der Waals surface area contributed by atoms with Crippen molar-refractivity contribution in [1.82, 2.24) is 4.98 Å². The molecule has 1 aromatic rings. The van der Waals surface area contributed by atoms with Gasteiger partial charge in [-0.1, -0.05) is 0 Å². The average molecular weight is 169 g/mol. The predicted octanol–water partition coefficient (Wildman–Crippen LogP) is 1.35. The lowest BCUT2D eigenvalue weighted by molar-refractivity contribution is 0.512. The number of nitrogens with one attached hydrogen (secondary N) is 1. The van der Waals surface area contributed by atoms with Gasteiger partial charge in [0, 0.05) is 24.5 Å². The molecule has 0 saturated carbocycles. The molecule has 0 aromatic carbocycles. The van der Waals surface area contributed by atoms with Crippen LogP contribution in [-0.2, 0) is 0 Å². The number of hydrogen-bond acceptors (Lipinski definition) is 3. The Morgan fingerprint density at radius 2 is 2.42 bits per heavy atom. The summed E-state index contributed by atoms with van der Waals surface area (Å²) in [4.78, 5) is 3.89. The van der Waals surface area contributed by atoms with E-state index in [0.29, 0.717) is 12.4 Å². The molecule has 0 aliphatic rings. The highest BCUT2D eigenvalue weighted by Gasteiger charge is 1.97. The number of halogens is 1. The molecule has 0 saturated heterocycles. The van der Waals surface area contributed by atoms with Crippen LogP contribution in [0.4, 0.5) is 15.9 Å². The van der Waals surface area contributed by atoms with Crippen LogP contribution in [0.25, 0.3) is 0 Å². The maximum absolute atomic E-state index is 11.8. The van der Waals surface area contributed by atoms with Crippen molar-refractivity contribution >= 4 is 11.5 Å². The normalized spacial score (nSPS) is 9.83. The van der Waals surface area contributed by atoms with Crippen LogP contribution in [0.15, 0.2) is 12.3 Å². The standard InChI is InChI=1S/C8H12FN3/c1-6-5-12-8(10)4-7(6)11-3-2-9/h4-5H,2-3H2,1H3,(H3,10,11,12). The molecule has 4 heteroatoms. The number of anilines is 2. The van der Waals surface area contributed by atoms with Gasteiger partial charge in [0.15, 0.2) is 0 Å². The number of aromatic nitrogens is 1. The Balaban J connectivity index is 2.75. The van der Waals surface area contributed by atoms with Gasteiger partial charge in [-0.3, -0.25) is 0 Å². The number of pyridine rings is 1. The zero-order valence-electron chi connectivity index (χ0n) is 6.97. The van der Waals surface area contributed by atoms with E-state index < -0.39 is 0 Å². The maximum Gasteiger partial charge on any atom is 0.125 e. The van der Waals surface area contributed by atoms with Crippen LogP contribution in [0, 0.1) is 6.92 Å². The van der Waals surface area contributed by atoms with Crippen molar-refractivity contribution in [2.45, 2.75) is 6.92 Å². The Morgan fingerprint density at radius 3 is 3.08 bits per heavy atom. The first kappa shape index (κ1) is 8.77. The molecular weight excluding hydrogens is 157 g/mol. The molecule has 0 fully saturated rings. The summed E-state index contributed by atoms with van der Waals surface area (Å²) in [5, 5.41) is 2.91. The Hall–Kier alpha value is -1.32. The molecule has 0 atom stereocenters. The minimum atomic E-state index is -0.387. The van der Waals surface area contributed by atoms with Gasteiger partial charge in [0.2, 0.25) is 0 Å². The highest BCUT2D eigenvalue weighted by atomic mass is 19.1. The van der Waals surface area contributed by atoms with Crippen molar-refractivity contribution < 1.29 is 4.39 Å². The van der Waals surface area contributed by atoms with Gasteiger partial charge in [-0.15, -0.1) is 0 Å². The largest absolute Gasteiger partial charge is 0.384 e. The third-order valence-electron chi connectivity index (χ3n) is 1.53. The molecule has 0 aliphatic carbocycles. The number of nitrogens with zero attached hydrogens (tertiary/aromatic N) is 1. The first-order valence-electron chi connectivity index (χ1n) is 3.76. The molecule has 1 rings (SSSR count). The smallest absolute Gasteiger partial charge is 0.125 e. The Bertz CT molecular complexity index is 262. The second-order valence-electron chi connectivity index (χ2n) is 2.54. The van der Waals surface area contributed by atoms with Crippen LogP contribution in [-0.4, -0.2) is 18.2 Å². The second-order valence-corrected chi connectivity index (χ2v) is 2.54. The molecule has 66 valence electrons. The molecule has 12 heavy (non-hydrogen) atoms. The predicted molar refractivity (Wildman–Crippen MR) is 47.9 cm³/mol. The fourth-order valence-corrected chi connectivity index (χ4v) is 0.912. The third kappa shape index (κ3) is 2.08. The molecule has 0 aliphatic heterocycles. The van der Waals surface area contributed by atoms with E-state index in [1.807, 2.05) is 6.92 Å². The first-order chi connectivity index (χ1) is 5.74. The third-order valence-corrected chi connectivity index (χ3v) is 1.53. The number of rotatable bonds is 3. The summed E-state index contributed by atoms with van der Waals surface area (Å²) in [6.07, 6.45) is 1.66. The first-order valence-corrected chi connectivity index (χ1v) is 3.76. The molecule has 1 aromatic heterocycles. The molecule has 0 spiro atoms. The van der Waals surface area contributed by atoms with Gasteiger partial charge in [-0.25, -0.2) is 9.37 Å². The zero-order chi connectivity index (χ0) is 8.97. The van der Waals surface area contributed by atoms with Crippen molar-refractivity contribution in [2.24, 2.45) is 0 Å². The summed E-state index contributed by atoms with van der Waals surface area (Å²) in [7, 11) is 0. The minimum absolute atomic E-state index is 0.310. The van der Waals surface area contributed by atoms with E-state index in [-0.39, 0.29) is 6.67 Å². The number of nitrogen functional groups attached to an aromatic ring is 1. The van der Waals surface area contributed by atoms with Gasteiger partial charge in [0.05, 0.1) is 0 Å². The lowest BCUT2D eigenvalue weighted by Crippen LogP contribution is -2.05. The van der Waals surface area contributed by atoms with Gasteiger partial charge in [0.25, 0.3) is 0 Å². The van der Waals surface area contributed by atoms with Crippen molar-refractivity contribution in [2.75, 3.05) is 24.3 Å². The van der Waals surface area contributed by atoms with E-state index in [4.69, 9.17) is 5.73 Å². The zero-order valence-corrected chi connectivity index (χ0v) is 6.97. The second kappa shape index (κ2) is 3.90. The van der Waals surface area contributed by atoms with E-state index in [1.165, 1.54) is 0 Å². The fraction of sp³-hybridized carbons (Fsp3) is 0.375. The van der Waals surface area contributed by atoms with Crippen LogP contribution >= 0.6 is 0 Å². The van der Waals surface area contributed by atoms with Gasteiger partial charge in [0.1, 0.15) is 12.5 Å². The quantitative estimate of drug-likeness (QED) is 0.718. The molecular formula is C8H12FN3. The maximum atomic E-state index is 11.8. The van der Waals surface area contributed by atoms with E-state index in [9.17, 15) is 4.39 Å². The van der Waals surface area contributed by atoms with Crippen molar-refractivity contribution in [3.63, 3.8) is 0 Å². The number of alkyl halides is 1. The van der Waals surface area contributed by atoms with Crippen LogP contribution in [0.2, 0.25) is 0 Å². The van der Waals surface area contributed by atoms with Crippen molar-refractivity contribution in [3.8, 4) is 0 Å². The van der Waals surface area contributed by atoms with Crippen molar-refractivity contribution in [3.05, 3.63) is 17.8 Å². The minimum Gasteiger partial charge on any atom is -0.384 e. The van der Waals surface area contributed by atoms with Crippen LogP contribution in [0.5, 0.6) is 0 Å². The number of hydrogen-bond donors (Lipinski definition) is 2. The summed E-state index contributed by atoms with van der Waals surface area (Å²) in [5.74, 6) is 0.446. The molecule has 1 heterocycles. The van der Waals surface area contributed by atoms with Gasteiger partial charge in [-0.05, 0) is 12.5 Å². The summed E-state index contributed by atoms with van der Waals surface area (Å²) < 4.78 is 11.8. The van der Waals surface area contributed by atoms with Gasteiger partial charge < -0.3 is 11.1 Å². The fourth-order valence-electron chi connectivity index (χ4n) is 0.912. The van der Waals surface area contributed by atoms with E-state index in [2.05, 4.69) is 10.3 Å². The monoisotopic (exact) mass is 169 g/mol. The lowest BCUT2D eigenvalue weighted by atomic mass is 10.2. The summed E-state index contributed by atoms with van der Waals surface area (Å²) in [5.41, 5.74) is 7.27. The number of aryl methyl sites for hydroxylation is 1. The van der Waals surface area contributed by atoms with Gasteiger partial charge in [-0.2, -0.15) is 0 Å². The summed E-state index contributed by atoms with van der Waals surface area (Å²) >= 11 is 0. The SMILES string of the molecule is Cc1cnc(N)cc1NCCF. The Morgan fingerprint density at radius 1 is 1.67 bits per heavy atom. The molecule has 0 bridgehead atoms. The molecule has 0 amide bonds. The highest BCUT2D eigenvalue weighted by molar-refractivity contribution is 5.55. The van der Waals surface area contributed by atoms with Crippen molar-refractivity contribution in [1.29, 1.82) is 0 Å². The van der Waals surface area contributed by atoms with E-state index in [1.54, 1.807) is 12.3 Å². The Kier molecular flexibility index (Phi) is 2.85. The van der Waals surface area contributed by atoms with Crippen LogP contribution in [0.1, 0.15) is 5.56 Å². The molecule has 0 radical (unpaired) electrons. The average Bonchev–Trinajstić information content (AvgIpc) is 2.07. The number of nitrogens with two attached hydrogens (primary N) is 1. The van der Waals surface area contributed by atoms with E-state index >= 15 is 0 Å². The topological polar surface area (TPSA) is 50.9 Å².